The number of non-ortho nitro benzene ring substituents is 1. The molecule has 10 heteroatoms. The third-order valence-electron chi connectivity index (χ3n) is 3.86. The van der Waals surface area contributed by atoms with Crippen LogP contribution in [0.15, 0.2) is 51.8 Å². The Bertz CT molecular complexity index is 1000. The molecule has 0 saturated heterocycles. The number of nitro groups is 1. The normalized spacial score (nSPS) is 14.0. The van der Waals surface area contributed by atoms with Crippen LogP contribution in [0.2, 0.25) is 0 Å². The van der Waals surface area contributed by atoms with Crippen molar-refractivity contribution >= 4 is 37.6 Å². The van der Waals surface area contributed by atoms with Crippen molar-refractivity contribution in [3.63, 3.8) is 0 Å². The molecule has 1 aliphatic carbocycles. The Balaban J connectivity index is 1.75. The van der Waals surface area contributed by atoms with E-state index in [-0.39, 0.29) is 28.8 Å². The zero-order valence-electron chi connectivity index (χ0n) is 13.9. The number of nitrogens with one attached hydrogen (secondary N) is 1. The van der Waals surface area contributed by atoms with E-state index in [0.717, 1.165) is 12.8 Å². The van der Waals surface area contributed by atoms with Crippen molar-refractivity contribution in [2.75, 3.05) is 0 Å². The molecule has 0 heterocycles. The Morgan fingerprint density at radius 3 is 2.67 bits per heavy atom. The summed E-state index contributed by atoms with van der Waals surface area (Å²) in [6.07, 6.45) is 1.60. The molecule has 1 fully saturated rings. The highest BCUT2D eigenvalue weighted by atomic mass is 79.9. The van der Waals surface area contributed by atoms with Gasteiger partial charge in [-0.15, -0.1) is 0 Å². The summed E-state index contributed by atoms with van der Waals surface area (Å²) in [4.78, 5) is 22.6. The summed E-state index contributed by atoms with van der Waals surface area (Å²) in [6.45, 7) is -0.176. The van der Waals surface area contributed by atoms with Crippen molar-refractivity contribution < 1.29 is 22.9 Å². The van der Waals surface area contributed by atoms with Crippen molar-refractivity contribution in [3.05, 3.63) is 68.2 Å². The number of nitro benzene ring substituents is 1. The molecule has 1 aliphatic rings. The number of carbonyl (C=O) groups excluding carboxylic acids is 1. The van der Waals surface area contributed by atoms with Crippen molar-refractivity contribution in [2.24, 2.45) is 0 Å². The maximum Gasteiger partial charge on any atom is 0.339 e. The molecule has 27 heavy (non-hydrogen) atoms. The van der Waals surface area contributed by atoms with Crippen molar-refractivity contribution in [3.8, 4) is 0 Å². The topological polar surface area (TPSA) is 116 Å². The van der Waals surface area contributed by atoms with Crippen LogP contribution in [0.4, 0.5) is 5.69 Å². The van der Waals surface area contributed by atoms with Gasteiger partial charge in [-0.25, -0.2) is 17.9 Å². The Morgan fingerprint density at radius 2 is 2.00 bits per heavy atom. The van der Waals surface area contributed by atoms with Crippen LogP contribution in [-0.2, 0) is 21.4 Å². The molecule has 0 spiro atoms. The fourth-order valence-electron chi connectivity index (χ4n) is 2.30. The van der Waals surface area contributed by atoms with Gasteiger partial charge in [0.2, 0.25) is 10.0 Å². The lowest BCUT2D eigenvalue weighted by Gasteiger charge is -2.10. The summed E-state index contributed by atoms with van der Waals surface area (Å²) in [5, 5.41) is 10.8. The molecule has 1 N–H and O–H groups in total. The first-order chi connectivity index (χ1) is 12.8. The lowest BCUT2D eigenvalue weighted by Crippen LogP contribution is -2.26. The summed E-state index contributed by atoms with van der Waals surface area (Å²) < 4.78 is 32.7. The predicted octanol–water partition coefficient (Wildman–Crippen LogP) is 3.16. The van der Waals surface area contributed by atoms with Gasteiger partial charge in [-0.05, 0) is 52.5 Å². The van der Waals surface area contributed by atoms with E-state index in [1.165, 1.54) is 36.4 Å². The standard InChI is InChI=1S/C17H15BrN2O6S/c18-16-7-6-14(27(24,25)19-12-4-5-12)9-15(16)17(21)26-10-11-2-1-3-13(8-11)20(22)23/h1-3,6-9,12,19H,4-5,10H2. The first-order valence-corrected chi connectivity index (χ1v) is 10.3. The molecule has 142 valence electrons. The third kappa shape index (κ3) is 4.90. The van der Waals surface area contributed by atoms with Crippen LogP contribution in [0.3, 0.4) is 0 Å². The SMILES string of the molecule is O=C(OCc1cccc([N+](=O)[O-])c1)c1cc(S(=O)(=O)NC2CC2)ccc1Br. The second-order valence-electron chi connectivity index (χ2n) is 6.04. The van der Waals surface area contributed by atoms with Gasteiger partial charge in [0.05, 0.1) is 15.4 Å². The molecule has 0 radical (unpaired) electrons. The van der Waals surface area contributed by atoms with Gasteiger partial charge in [-0.2, -0.15) is 0 Å². The van der Waals surface area contributed by atoms with Crippen LogP contribution >= 0.6 is 15.9 Å². The maximum absolute atomic E-state index is 12.4. The molecule has 0 aliphatic heterocycles. The second kappa shape index (κ2) is 7.75. The van der Waals surface area contributed by atoms with E-state index in [9.17, 15) is 23.3 Å². The van der Waals surface area contributed by atoms with E-state index in [0.29, 0.717) is 10.0 Å². The molecule has 2 aromatic carbocycles. The number of nitrogens with zero attached hydrogens (tertiary/aromatic N) is 1. The van der Waals surface area contributed by atoms with Crippen LogP contribution in [0.5, 0.6) is 0 Å². The Hall–Kier alpha value is -2.30. The first-order valence-electron chi connectivity index (χ1n) is 7.98. The van der Waals surface area contributed by atoms with Crippen LogP contribution in [0, 0.1) is 10.1 Å². The number of carbonyl (C=O) groups is 1. The van der Waals surface area contributed by atoms with Gasteiger partial charge in [-0.1, -0.05) is 12.1 Å². The highest BCUT2D eigenvalue weighted by Gasteiger charge is 2.28. The Morgan fingerprint density at radius 1 is 1.26 bits per heavy atom. The molecule has 1 saturated carbocycles. The minimum Gasteiger partial charge on any atom is -0.457 e. The zero-order chi connectivity index (χ0) is 19.6. The quantitative estimate of drug-likeness (QED) is 0.390. The molecule has 0 bridgehead atoms. The number of benzene rings is 2. The maximum atomic E-state index is 12.4. The average Bonchev–Trinajstić information content (AvgIpc) is 3.43. The van der Waals surface area contributed by atoms with Crippen LogP contribution < -0.4 is 4.72 Å². The van der Waals surface area contributed by atoms with Gasteiger partial charge in [0, 0.05) is 22.6 Å². The Kier molecular flexibility index (Phi) is 5.59. The first kappa shape index (κ1) is 19.5. The number of esters is 1. The van der Waals surface area contributed by atoms with Gasteiger partial charge < -0.3 is 4.74 Å². The number of halogens is 1. The summed E-state index contributed by atoms with van der Waals surface area (Å²) in [5.41, 5.74) is 0.399. The van der Waals surface area contributed by atoms with E-state index in [2.05, 4.69) is 20.7 Å². The predicted molar refractivity (Wildman–Crippen MR) is 99.7 cm³/mol. The number of hydrogen-bond donors (Lipinski definition) is 1. The van der Waals surface area contributed by atoms with Crippen molar-refractivity contribution in [2.45, 2.75) is 30.4 Å². The number of sulfonamides is 1. The molecular formula is C17H15BrN2O6S. The van der Waals surface area contributed by atoms with E-state index in [1.807, 2.05) is 0 Å². The number of hydrogen-bond acceptors (Lipinski definition) is 6. The lowest BCUT2D eigenvalue weighted by atomic mass is 10.2. The molecule has 0 atom stereocenters. The van der Waals surface area contributed by atoms with Crippen LogP contribution in [0.25, 0.3) is 0 Å². The minimum absolute atomic E-state index is 0.0279. The van der Waals surface area contributed by atoms with Gasteiger partial charge in [0.1, 0.15) is 6.61 Å². The lowest BCUT2D eigenvalue weighted by molar-refractivity contribution is -0.384. The molecule has 8 nitrogen and oxygen atoms in total. The smallest absolute Gasteiger partial charge is 0.339 e. The third-order valence-corrected chi connectivity index (χ3v) is 6.07. The summed E-state index contributed by atoms with van der Waals surface area (Å²) in [7, 11) is -3.71. The molecule has 2 aromatic rings. The Labute approximate surface area is 163 Å². The summed E-state index contributed by atoms with van der Waals surface area (Å²) in [5.74, 6) is -0.739. The monoisotopic (exact) mass is 454 g/mol. The molecule has 0 amide bonds. The van der Waals surface area contributed by atoms with E-state index in [1.54, 1.807) is 6.07 Å². The highest BCUT2D eigenvalue weighted by molar-refractivity contribution is 9.10. The van der Waals surface area contributed by atoms with Crippen LogP contribution in [0.1, 0.15) is 28.8 Å². The molecular weight excluding hydrogens is 440 g/mol. The fraction of sp³-hybridized carbons (Fsp3) is 0.235. The van der Waals surface area contributed by atoms with Crippen LogP contribution in [-0.4, -0.2) is 25.4 Å². The number of ether oxygens (including phenoxy) is 1. The summed E-state index contributed by atoms with van der Waals surface area (Å²) in [6, 6.07) is 9.78. The van der Waals surface area contributed by atoms with Crippen molar-refractivity contribution in [1.82, 2.24) is 4.72 Å². The second-order valence-corrected chi connectivity index (χ2v) is 8.61. The number of rotatable bonds is 7. The summed E-state index contributed by atoms with van der Waals surface area (Å²) >= 11 is 3.21. The molecule has 0 aromatic heterocycles. The largest absolute Gasteiger partial charge is 0.457 e. The highest BCUT2D eigenvalue weighted by Crippen LogP contribution is 2.25. The molecule has 3 rings (SSSR count). The zero-order valence-corrected chi connectivity index (χ0v) is 16.3. The van der Waals surface area contributed by atoms with Gasteiger partial charge in [0.25, 0.3) is 5.69 Å². The van der Waals surface area contributed by atoms with Gasteiger partial charge in [-0.3, -0.25) is 10.1 Å². The average molecular weight is 455 g/mol. The van der Waals surface area contributed by atoms with E-state index >= 15 is 0 Å². The van der Waals surface area contributed by atoms with Gasteiger partial charge >= 0.3 is 5.97 Å². The molecule has 0 unspecified atom stereocenters. The van der Waals surface area contributed by atoms with Crippen molar-refractivity contribution in [1.29, 1.82) is 0 Å². The van der Waals surface area contributed by atoms with Gasteiger partial charge in [0.15, 0.2) is 0 Å². The fourth-order valence-corrected chi connectivity index (χ4v) is 4.04. The minimum atomic E-state index is -3.71. The van der Waals surface area contributed by atoms with E-state index in [4.69, 9.17) is 4.74 Å². The van der Waals surface area contributed by atoms with E-state index < -0.39 is 20.9 Å².